The Balaban J connectivity index is 1.84. The van der Waals surface area contributed by atoms with Crippen LogP contribution in [0.1, 0.15) is 31.5 Å². The second-order valence-electron chi connectivity index (χ2n) is 4.37. The SMILES string of the molecule is CC(C)c1nc(CCOc2cccc(N)c2)no1. The van der Waals surface area contributed by atoms with Crippen molar-refractivity contribution >= 4 is 5.69 Å². The minimum absolute atomic E-state index is 0.251. The van der Waals surface area contributed by atoms with Crippen LogP contribution in [0.5, 0.6) is 5.75 Å². The van der Waals surface area contributed by atoms with Crippen LogP contribution in [-0.2, 0) is 6.42 Å². The van der Waals surface area contributed by atoms with Crippen LogP contribution in [0.2, 0.25) is 0 Å². The van der Waals surface area contributed by atoms with Gasteiger partial charge in [0.25, 0.3) is 0 Å². The number of nitrogens with two attached hydrogens (primary N) is 1. The number of rotatable bonds is 5. The fourth-order valence-corrected chi connectivity index (χ4v) is 1.47. The molecule has 0 amide bonds. The monoisotopic (exact) mass is 247 g/mol. The number of hydrogen-bond acceptors (Lipinski definition) is 5. The van der Waals surface area contributed by atoms with E-state index in [2.05, 4.69) is 10.1 Å². The first-order valence-electron chi connectivity index (χ1n) is 5.96. The zero-order chi connectivity index (χ0) is 13.0. The van der Waals surface area contributed by atoms with Crippen LogP contribution < -0.4 is 10.5 Å². The standard InChI is InChI=1S/C13H17N3O2/c1-9(2)13-15-12(16-18-13)6-7-17-11-5-3-4-10(14)8-11/h3-5,8-9H,6-7,14H2,1-2H3. The van der Waals surface area contributed by atoms with Gasteiger partial charge >= 0.3 is 0 Å². The number of nitrogen functional groups attached to an aromatic ring is 1. The van der Waals surface area contributed by atoms with E-state index in [1.165, 1.54) is 0 Å². The maximum absolute atomic E-state index is 5.66. The van der Waals surface area contributed by atoms with Crippen molar-refractivity contribution in [1.82, 2.24) is 10.1 Å². The van der Waals surface area contributed by atoms with Gasteiger partial charge in [0.05, 0.1) is 6.61 Å². The largest absolute Gasteiger partial charge is 0.493 e. The summed E-state index contributed by atoms with van der Waals surface area (Å²) >= 11 is 0. The van der Waals surface area contributed by atoms with E-state index in [9.17, 15) is 0 Å². The number of benzene rings is 1. The quantitative estimate of drug-likeness (QED) is 0.821. The molecule has 0 atom stereocenters. The molecule has 0 aliphatic heterocycles. The van der Waals surface area contributed by atoms with E-state index in [1.807, 2.05) is 32.0 Å². The van der Waals surface area contributed by atoms with Gasteiger partial charge in [-0.15, -0.1) is 0 Å². The van der Waals surface area contributed by atoms with Crippen LogP contribution in [0.15, 0.2) is 28.8 Å². The van der Waals surface area contributed by atoms with E-state index in [-0.39, 0.29) is 5.92 Å². The van der Waals surface area contributed by atoms with Gasteiger partial charge in [-0.25, -0.2) is 0 Å². The highest BCUT2D eigenvalue weighted by atomic mass is 16.5. The molecule has 1 aromatic heterocycles. The Hall–Kier alpha value is -2.04. The van der Waals surface area contributed by atoms with E-state index >= 15 is 0 Å². The molecule has 0 radical (unpaired) electrons. The molecule has 0 unspecified atom stereocenters. The van der Waals surface area contributed by atoms with Crippen molar-refractivity contribution in [3.8, 4) is 5.75 Å². The van der Waals surface area contributed by atoms with Crippen LogP contribution in [0.3, 0.4) is 0 Å². The molecule has 0 saturated heterocycles. The average Bonchev–Trinajstić information content (AvgIpc) is 2.78. The van der Waals surface area contributed by atoms with E-state index < -0.39 is 0 Å². The molecular formula is C13H17N3O2. The Labute approximate surface area is 106 Å². The maximum Gasteiger partial charge on any atom is 0.229 e. The summed E-state index contributed by atoms with van der Waals surface area (Å²) in [5, 5.41) is 3.90. The lowest BCUT2D eigenvalue weighted by molar-refractivity contribution is 0.313. The third-order valence-electron chi connectivity index (χ3n) is 2.43. The minimum Gasteiger partial charge on any atom is -0.493 e. The molecule has 0 aliphatic carbocycles. The summed E-state index contributed by atoms with van der Waals surface area (Å²) in [4.78, 5) is 4.28. The van der Waals surface area contributed by atoms with Gasteiger partial charge in [0.15, 0.2) is 5.82 Å². The van der Waals surface area contributed by atoms with Crippen molar-refractivity contribution < 1.29 is 9.26 Å². The molecular weight excluding hydrogens is 230 g/mol. The van der Waals surface area contributed by atoms with Gasteiger partial charge in [0, 0.05) is 24.1 Å². The van der Waals surface area contributed by atoms with Crippen molar-refractivity contribution in [3.05, 3.63) is 36.0 Å². The van der Waals surface area contributed by atoms with Crippen LogP contribution in [0.4, 0.5) is 5.69 Å². The first-order valence-corrected chi connectivity index (χ1v) is 5.96. The Kier molecular flexibility index (Phi) is 3.82. The Morgan fingerprint density at radius 2 is 2.22 bits per heavy atom. The van der Waals surface area contributed by atoms with Gasteiger partial charge in [-0.3, -0.25) is 0 Å². The number of ether oxygens (including phenoxy) is 1. The second-order valence-corrected chi connectivity index (χ2v) is 4.37. The zero-order valence-electron chi connectivity index (χ0n) is 10.6. The first kappa shape index (κ1) is 12.4. The summed E-state index contributed by atoms with van der Waals surface area (Å²) in [6.45, 7) is 4.53. The Bertz CT molecular complexity index is 508. The summed E-state index contributed by atoms with van der Waals surface area (Å²) in [5.74, 6) is 2.33. The van der Waals surface area contributed by atoms with Crippen molar-refractivity contribution in [2.75, 3.05) is 12.3 Å². The van der Waals surface area contributed by atoms with Gasteiger partial charge in [0.1, 0.15) is 5.75 Å². The van der Waals surface area contributed by atoms with Crippen molar-refractivity contribution in [2.45, 2.75) is 26.2 Å². The summed E-state index contributed by atoms with van der Waals surface area (Å²) in [6.07, 6.45) is 0.616. The highest BCUT2D eigenvalue weighted by Gasteiger charge is 2.09. The molecule has 5 nitrogen and oxygen atoms in total. The van der Waals surface area contributed by atoms with E-state index in [0.29, 0.717) is 30.4 Å². The molecule has 1 heterocycles. The van der Waals surface area contributed by atoms with Crippen molar-refractivity contribution in [1.29, 1.82) is 0 Å². The van der Waals surface area contributed by atoms with E-state index in [4.69, 9.17) is 15.0 Å². The predicted octanol–water partition coefficient (Wildman–Crippen LogP) is 2.40. The molecule has 96 valence electrons. The molecule has 0 bridgehead atoms. The Morgan fingerprint density at radius 3 is 2.89 bits per heavy atom. The number of nitrogens with zero attached hydrogens (tertiary/aromatic N) is 2. The molecule has 2 aromatic rings. The Morgan fingerprint density at radius 1 is 1.39 bits per heavy atom. The summed E-state index contributed by atoms with van der Waals surface area (Å²) in [5.41, 5.74) is 6.35. The molecule has 18 heavy (non-hydrogen) atoms. The van der Waals surface area contributed by atoms with Gasteiger partial charge in [-0.05, 0) is 12.1 Å². The lowest BCUT2D eigenvalue weighted by atomic mass is 10.2. The molecule has 0 saturated carbocycles. The van der Waals surface area contributed by atoms with Crippen LogP contribution >= 0.6 is 0 Å². The normalized spacial score (nSPS) is 10.8. The smallest absolute Gasteiger partial charge is 0.229 e. The summed E-state index contributed by atoms with van der Waals surface area (Å²) < 4.78 is 10.7. The first-order chi connectivity index (χ1) is 8.65. The van der Waals surface area contributed by atoms with Gasteiger partial charge in [-0.2, -0.15) is 4.98 Å². The van der Waals surface area contributed by atoms with Crippen molar-refractivity contribution in [3.63, 3.8) is 0 Å². The maximum atomic E-state index is 5.66. The molecule has 0 fully saturated rings. The van der Waals surface area contributed by atoms with Crippen LogP contribution in [-0.4, -0.2) is 16.7 Å². The van der Waals surface area contributed by atoms with E-state index in [1.54, 1.807) is 6.07 Å². The third kappa shape index (κ3) is 3.23. The molecule has 2 N–H and O–H groups in total. The highest BCUT2D eigenvalue weighted by molar-refractivity contribution is 5.43. The molecule has 2 rings (SSSR count). The molecule has 1 aromatic carbocycles. The summed E-state index contributed by atoms with van der Waals surface area (Å²) in [7, 11) is 0. The molecule has 0 spiro atoms. The van der Waals surface area contributed by atoms with Crippen LogP contribution in [0.25, 0.3) is 0 Å². The zero-order valence-corrected chi connectivity index (χ0v) is 10.6. The molecule has 5 heteroatoms. The number of hydrogen-bond donors (Lipinski definition) is 1. The number of anilines is 1. The lowest BCUT2D eigenvalue weighted by Gasteiger charge is -2.04. The van der Waals surface area contributed by atoms with Crippen LogP contribution in [0, 0.1) is 0 Å². The average molecular weight is 247 g/mol. The predicted molar refractivity (Wildman–Crippen MR) is 68.4 cm³/mol. The minimum atomic E-state index is 0.251. The lowest BCUT2D eigenvalue weighted by Crippen LogP contribution is -2.03. The highest BCUT2D eigenvalue weighted by Crippen LogP contribution is 2.15. The van der Waals surface area contributed by atoms with E-state index in [0.717, 1.165) is 5.75 Å². The topological polar surface area (TPSA) is 74.2 Å². The summed E-state index contributed by atoms with van der Waals surface area (Å²) in [6, 6.07) is 7.33. The fourth-order valence-electron chi connectivity index (χ4n) is 1.47. The van der Waals surface area contributed by atoms with Crippen molar-refractivity contribution in [2.24, 2.45) is 0 Å². The number of aromatic nitrogens is 2. The van der Waals surface area contributed by atoms with Gasteiger partial charge in [-0.1, -0.05) is 25.1 Å². The molecule has 0 aliphatic rings. The third-order valence-corrected chi connectivity index (χ3v) is 2.43. The van der Waals surface area contributed by atoms with Gasteiger partial charge in [0.2, 0.25) is 5.89 Å². The second kappa shape index (κ2) is 5.53. The fraction of sp³-hybridized carbons (Fsp3) is 0.385. The van der Waals surface area contributed by atoms with Gasteiger partial charge < -0.3 is 15.0 Å².